The average Bonchev–Trinajstić information content (AvgIpc) is 2.88. The van der Waals surface area contributed by atoms with Crippen molar-refractivity contribution in [2.24, 2.45) is 5.73 Å². The number of amides is 1. The first-order valence-corrected chi connectivity index (χ1v) is 6.61. The highest BCUT2D eigenvalue weighted by molar-refractivity contribution is 5.96. The molecule has 0 fully saturated rings. The van der Waals surface area contributed by atoms with Crippen LogP contribution in [0.4, 0.5) is 0 Å². The molecule has 1 aliphatic heterocycles. The Labute approximate surface area is 122 Å². The van der Waals surface area contributed by atoms with E-state index in [1.807, 2.05) is 24.3 Å². The Morgan fingerprint density at radius 2 is 2.14 bits per heavy atom. The van der Waals surface area contributed by atoms with Crippen molar-refractivity contribution in [3.05, 3.63) is 47.8 Å². The molecule has 0 saturated carbocycles. The number of fused-ring (bicyclic) bond motifs is 1. The number of rotatable bonds is 3. The monoisotopic (exact) mass is 284 g/mol. The van der Waals surface area contributed by atoms with Gasteiger partial charge in [-0.25, -0.2) is 4.68 Å². The molecule has 6 heteroatoms. The zero-order valence-corrected chi connectivity index (χ0v) is 11.7. The first-order chi connectivity index (χ1) is 10.1. The molecule has 0 radical (unpaired) electrons. The fourth-order valence-corrected chi connectivity index (χ4v) is 2.47. The lowest BCUT2D eigenvalue weighted by atomic mass is 10.0. The lowest BCUT2D eigenvalue weighted by molar-refractivity contribution is 0.0938. The number of hydrogen-bond acceptors (Lipinski definition) is 4. The molecular weight excluding hydrogens is 268 g/mol. The van der Waals surface area contributed by atoms with Gasteiger partial charge in [-0.2, -0.15) is 5.10 Å². The summed E-state index contributed by atoms with van der Waals surface area (Å²) in [6.07, 6.45) is 0.697. The molecule has 0 bridgehead atoms. The number of carbonyl (C=O) groups is 1. The van der Waals surface area contributed by atoms with Crippen molar-refractivity contribution in [3.8, 4) is 11.4 Å². The summed E-state index contributed by atoms with van der Waals surface area (Å²) in [5.74, 6) is 0.597. The van der Waals surface area contributed by atoms with E-state index in [4.69, 9.17) is 10.5 Å². The minimum atomic E-state index is -0.146. The minimum absolute atomic E-state index is 0.146. The highest BCUT2D eigenvalue weighted by Gasteiger charge is 2.27. The van der Waals surface area contributed by atoms with Gasteiger partial charge in [0.25, 0.3) is 5.91 Å². The number of nitrogens with one attached hydrogen (secondary N) is 1. The normalized spacial score (nSPS) is 13.5. The third-order valence-corrected chi connectivity index (χ3v) is 3.48. The maximum Gasteiger partial charge on any atom is 0.270 e. The van der Waals surface area contributed by atoms with E-state index in [9.17, 15) is 4.79 Å². The number of aromatic nitrogens is 2. The molecule has 1 aliphatic rings. The number of methoxy groups -OCH3 is 1. The van der Waals surface area contributed by atoms with Crippen LogP contribution in [0.1, 0.15) is 21.7 Å². The second kappa shape index (κ2) is 4.97. The lowest BCUT2D eigenvalue weighted by Crippen LogP contribution is -2.33. The Hall–Kier alpha value is -2.76. The number of carbonyl (C=O) groups excluding carboxylic acids is 1. The summed E-state index contributed by atoms with van der Waals surface area (Å²) in [6.45, 7) is 4.33. The second-order valence-corrected chi connectivity index (χ2v) is 4.82. The van der Waals surface area contributed by atoms with Crippen LogP contribution < -0.4 is 15.8 Å². The van der Waals surface area contributed by atoms with Crippen molar-refractivity contribution in [3.63, 3.8) is 0 Å². The van der Waals surface area contributed by atoms with E-state index >= 15 is 0 Å². The lowest BCUT2D eigenvalue weighted by Gasteiger charge is -2.15. The molecule has 0 unspecified atom stereocenters. The highest BCUT2D eigenvalue weighted by Crippen LogP contribution is 2.25. The van der Waals surface area contributed by atoms with Crippen LogP contribution in [-0.4, -0.2) is 29.3 Å². The molecule has 6 nitrogen and oxygen atoms in total. The zero-order chi connectivity index (χ0) is 15.0. The number of ether oxygens (including phenoxy) is 1. The molecule has 0 spiro atoms. The maximum absolute atomic E-state index is 12.2. The highest BCUT2D eigenvalue weighted by atomic mass is 16.5. The third-order valence-electron chi connectivity index (χ3n) is 3.48. The summed E-state index contributed by atoms with van der Waals surface area (Å²) in [7, 11) is 1.61. The molecule has 3 N–H and O–H groups in total. The molecule has 0 saturated heterocycles. The first kappa shape index (κ1) is 13.2. The first-order valence-electron chi connectivity index (χ1n) is 6.61. The Balaban J connectivity index is 2.17. The minimum Gasteiger partial charge on any atom is -0.497 e. The Kier molecular flexibility index (Phi) is 3.13. The van der Waals surface area contributed by atoms with Crippen LogP contribution in [0.2, 0.25) is 0 Å². The van der Waals surface area contributed by atoms with Gasteiger partial charge in [-0.1, -0.05) is 6.58 Å². The number of nitrogens with zero attached hydrogens (tertiary/aromatic N) is 2. The molecule has 21 heavy (non-hydrogen) atoms. The SMILES string of the molecule is C=C(N)c1nn(-c2ccc(OC)cc2)c2c1CCNC2=O. The van der Waals surface area contributed by atoms with E-state index in [0.29, 0.717) is 30.1 Å². The van der Waals surface area contributed by atoms with Crippen molar-refractivity contribution < 1.29 is 9.53 Å². The van der Waals surface area contributed by atoms with E-state index in [2.05, 4.69) is 17.0 Å². The fourth-order valence-electron chi connectivity index (χ4n) is 2.47. The quantitative estimate of drug-likeness (QED) is 0.884. The van der Waals surface area contributed by atoms with Gasteiger partial charge in [0.1, 0.15) is 17.1 Å². The topological polar surface area (TPSA) is 82.2 Å². The summed E-state index contributed by atoms with van der Waals surface area (Å²) in [4.78, 5) is 12.2. The number of nitrogens with two attached hydrogens (primary N) is 1. The van der Waals surface area contributed by atoms with Gasteiger partial charge >= 0.3 is 0 Å². The summed E-state index contributed by atoms with van der Waals surface area (Å²) < 4.78 is 6.75. The molecule has 0 atom stereocenters. The van der Waals surface area contributed by atoms with Crippen LogP contribution >= 0.6 is 0 Å². The smallest absolute Gasteiger partial charge is 0.270 e. The van der Waals surface area contributed by atoms with E-state index in [0.717, 1.165) is 17.0 Å². The van der Waals surface area contributed by atoms with Crippen molar-refractivity contribution in [1.82, 2.24) is 15.1 Å². The molecule has 1 aromatic heterocycles. The van der Waals surface area contributed by atoms with Crippen LogP contribution in [0.15, 0.2) is 30.8 Å². The second-order valence-electron chi connectivity index (χ2n) is 4.82. The van der Waals surface area contributed by atoms with Crippen LogP contribution in [-0.2, 0) is 6.42 Å². The number of benzene rings is 1. The number of hydrogen-bond donors (Lipinski definition) is 2. The van der Waals surface area contributed by atoms with Crippen LogP contribution in [0, 0.1) is 0 Å². The van der Waals surface area contributed by atoms with E-state index in [1.54, 1.807) is 11.8 Å². The molecule has 1 aromatic carbocycles. The average molecular weight is 284 g/mol. The summed E-state index contributed by atoms with van der Waals surface area (Å²) >= 11 is 0. The van der Waals surface area contributed by atoms with Gasteiger partial charge in [0.05, 0.1) is 18.5 Å². The largest absolute Gasteiger partial charge is 0.497 e. The van der Waals surface area contributed by atoms with Gasteiger partial charge in [0, 0.05) is 12.1 Å². The van der Waals surface area contributed by atoms with Crippen molar-refractivity contribution in [2.45, 2.75) is 6.42 Å². The molecule has 2 heterocycles. The van der Waals surface area contributed by atoms with Crippen LogP contribution in [0.3, 0.4) is 0 Å². The van der Waals surface area contributed by atoms with Crippen molar-refractivity contribution in [2.75, 3.05) is 13.7 Å². The Morgan fingerprint density at radius 3 is 2.76 bits per heavy atom. The van der Waals surface area contributed by atoms with Gasteiger partial charge < -0.3 is 15.8 Å². The van der Waals surface area contributed by atoms with Gasteiger partial charge in [-0.05, 0) is 30.7 Å². The van der Waals surface area contributed by atoms with Crippen molar-refractivity contribution >= 4 is 11.6 Å². The Morgan fingerprint density at radius 1 is 1.43 bits per heavy atom. The van der Waals surface area contributed by atoms with Crippen molar-refractivity contribution in [1.29, 1.82) is 0 Å². The van der Waals surface area contributed by atoms with Gasteiger partial charge in [-0.3, -0.25) is 4.79 Å². The van der Waals surface area contributed by atoms with E-state index in [-0.39, 0.29) is 5.91 Å². The Bertz CT molecular complexity index is 716. The molecule has 0 aliphatic carbocycles. The maximum atomic E-state index is 12.2. The van der Waals surface area contributed by atoms with Crippen LogP contribution in [0.5, 0.6) is 5.75 Å². The summed E-state index contributed by atoms with van der Waals surface area (Å²) in [5.41, 5.74) is 8.91. The van der Waals surface area contributed by atoms with Gasteiger partial charge in [0.2, 0.25) is 0 Å². The molecule has 108 valence electrons. The van der Waals surface area contributed by atoms with E-state index < -0.39 is 0 Å². The van der Waals surface area contributed by atoms with Crippen LogP contribution in [0.25, 0.3) is 11.4 Å². The summed E-state index contributed by atoms with van der Waals surface area (Å²) in [5, 5.41) is 7.29. The molecule has 3 rings (SSSR count). The standard InChI is InChI=1S/C15H16N4O2/c1-9(16)13-12-7-8-17-15(20)14(12)19(18-13)10-3-5-11(21-2)6-4-10/h3-6H,1,7-8,16H2,2H3,(H,17,20). The predicted octanol–water partition coefficient (Wildman–Crippen LogP) is 1.10. The molecule has 2 aromatic rings. The molecule has 1 amide bonds. The fraction of sp³-hybridized carbons (Fsp3) is 0.200. The summed E-state index contributed by atoms with van der Waals surface area (Å²) in [6, 6.07) is 7.33. The molecular formula is C15H16N4O2. The predicted molar refractivity (Wildman–Crippen MR) is 79.4 cm³/mol. The third kappa shape index (κ3) is 2.14. The zero-order valence-electron chi connectivity index (χ0n) is 11.7. The van der Waals surface area contributed by atoms with E-state index in [1.165, 1.54) is 0 Å². The van der Waals surface area contributed by atoms with Gasteiger partial charge in [-0.15, -0.1) is 0 Å². The van der Waals surface area contributed by atoms with Gasteiger partial charge in [0.15, 0.2) is 0 Å².